The van der Waals surface area contributed by atoms with Gasteiger partial charge in [0.1, 0.15) is 24.1 Å². The molecular formula is C23H40N3O8P. The van der Waals surface area contributed by atoms with Gasteiger partial charge >= 0.3 is 13.9 Å². The molecule has 2 heterocycles. The fourth-order valence-electron chi connectivity index (χ4n) is 4.95. The third-order valence-electron chi connectivity index (χ3n) is 7.05. The molecule has 35 heavy (non-hydrogen) atoms. The number of aliphatic hydroxyl groups excluding tert-OH is 2. The van der Waals surface area contributed by atoms with Crippen molar-refractivity contribution in [3.8, 4) is 0 Å². The van der Waals surface area contributed by atoms with Crippen LogP contribution in [0, 0.1) is 11.8 Å². The number of aliphatic imine (C=N–C) groups is 1. The van der Waals surface area contributed by atoms with Crippen molar-refractivity contribution in [1.82, 2.24) is 4.90 Å². The number of hydrogen-bond acceptors (Lipinski definition) is 7. The average molecular weight is 518 g/mol. The van der Waals surface area contributed by atoms with Crippen LogP contribution in [0.1, 0.15) is 70.6 Å². The number of carbonyl (C=O) groups is 1. The highest BCUT2D eigenvalue weighted by Crippen LogP contribution is 2.45. The predicted molar refractivity (Wildman–Crippen MR) is 129 cm³/mol. The highest BCUT2D eigenvalue weighted by atomic mass is 31.2. The Morgan fingerprint density at radius 3 is 2.43 bits per heavy atom. The third-order valence-corrected chi connectivity index (χ3v) is 7.53. The van der Waals surface area contributed by atoms with E-state index in [-0.39, 0.29) is 12.4 Å². The first-order chi connectivity index (χ1) is 16.7. The zero-order valence-electron chi connectivity index (χ0n) is 20.2. The van der Waals surface area contributed by atoms with E-state index in [1.54, 1.807) is 6.08 Å². The van der Waals surface area contributed by atoms with Crippen LogP contribution in [0.25, 0.3) is 0 Å². The number of nitrogens with zero attached hydrogens (tertiary/aromatic N) is 2. The Morgan fingerprint density at radius 1 is 1.06 bits per heavy atom. The lowest BCUT2D eigenvalue weighted by Gasteiger charge is -2.29. The van der Waals surface area contributed by atoms with Crippen LogP contribution in [-0.4, -0.2) is 74.5 Å². The molecule has 6 N–H and O–H groups in total. The zero-order valence-corrected chi connectivity index (χ0v) is 21.0. The minimum Gasteiger partial charge on any atom is -0.387 e. The van der Waals surface area contributed by atoms with Gasteiger partial charge in [0.2, 0.25) is 0 Å². The molecule has 3 aliphatic rings. The first kappa shape index (κ1) is 28.2. The van der Waals surface area contributed by atoms with E-state index in [2.05, 4.69) is 9.52 Å². The van der Waals surface area contributed by atoms with E-state index in [9.17, 15) is 19.6 Å². The minimum absolute atomic E-state index is 0.0367. The van der Waals surface area contributed by atoms with E-state index in [1.165, 1.54) is 37.0 Å². The normalized spacial score (nSPS) is 34.5. The molecule has 3 rings (SSSR count). The number of fused-ring (bicyclic) bond motifs is 1. The van der Waals surface area contributed by atoms with Crippen molar-refractivity contribution in [1.29, 1.82) is 0 Å². The summed E-state index contributed by atoms with van der Waals surface area (Å²) >= 11 is 0. The molecular weight excluding hydrogens is 477 g/mol. The van der Waals surface area contributed by atoms with Crippen molar-refractivity contribution >= 4 is 19.7 Å². The molecule has 0 aromatic heterocycles. The van der Waals surface area contributed by atoms with Gasteiger partial charge in [-0.25, -0.2) is 9.36 Å². The maximum absolute atomic E-state index is 13.0. The van der Waals surface area contributed by atoms with Gasteiger partial charge < -0.3 is 30.5 Å². The maximum atomic E-state index is 13.0. The Kier molecular flexibility index (Phi) is 10.7. The summed E-state index contributed by atoms with van der Waals surface area (Å²) < 4.78 is 21.0. The van der Waals surface area contributed by atoms with Crippen LogP contribution in [0.3, 0.4) is 0 Å². The minimum atomic E-state index is -4.79. The highest BCUT2D eigenvalue weighted by molar-refractivity contribution is 7.46. The number of nitrogens with two attached hydrogens (primary N) is 1. The molecule has 0 aromatic carbocycles. The van der Waals surface area contributed by atoms with Crippen LogP contribution >= 0.6 is 7.82 Å². The van der Waals surface area contributed by atoms with Crippen LogP contribution < -0.4 is 5.73 Å². The monoisotopic (exact) mass is 517 g/mol. The molecule has 2 aliphatic heterocycles. The van der Waals surface area contributed by atoms with Crippen LogP contribution in [0.4, 0.5) is 4.79 Å². The fraction of sp³-hybridized carbons (Fsp3) is 0.826. The quantitative estimate of drug-likeness (QED) is 0.351. The van der Waals surface area contributed by atoms with E-state index >= 15 is 0 Å². The molecule has 200 valence electrons. The molecule has 1 aliphatic carbocycles. The average Bonchev–Trinajstić information content (AvgIpc) is 3.48. The van der Waals surface area contributed by atoms with Crippen molar-refractivity contribution in [3.63, 3.8) is 0 Å². The lowest BCUT2D eigenvalue weighted by molar-refractivity contribution is -0.0777. The summed E-state index contributed by atoms with van der Waals surface area (Å²) in [4.78, 5) is 36.0. The molecule has 11 nitrogen and oxygen atoms in total. The molecule has 1 saturated heterocycles. The van der Waals surface area contributed by atoms with Crippen LogP contribution in [0.15, 0.2) is 17.1 Å². The maximum Gasteiger partial charge on any atom is 0.469 e. The van der Waals surface area contributed by atoms with E-state index in [1.807, 2.05) is 6.08 Å². The van der Waals surface area contributed by atoms with Gasteiger partial charge in [0.25, 0.3) is 0 Å². The number of hydrogen-bond donors (Lipinski definition) is 5. The lowest BCUT2D eigenvalue weighted by Crippen LogP contribution is -2.47. The van der Waals surface area contributed by atoms with Crippen molar-refractivity contribution in [2.24, 2.45) is 22.6 Å². The van der Waals surface area contributed by atoms with E-state index < -0.39 is 45.0 Å². The van der Waals surface area contributed by atoms with Gasteiger partial charge in [0, 0.05) is 6.54 Å². The summed E-state index contributed by atoms with van der Waals surface area (Å²) in [5.74, 6) is 1.82. The van der Waals surface area contributed by atoms with Gasteiger partial charge in [-0.1, -0.05) is 51.0 Å². The highest BCUT2D eigenvalue weighted by Gasteiger charge is 2.47. The SMILES string of the molecule is NC1=NC(=O)N(C2OC(COP(=O)(O)O)C(O)C2O)CCCCCCCC2CC2CCCCC=C1. The summed E-state index contributed by atoms with van der Waals surface area (Å²) in [7, 11) is -4.79. The summed E-state index contributed by atoms with van der Waals surface area (Å²) in [5, 5.41) is 20.8. The lowest BCUT2D eigenvalue weighted by atomic mass is 10.0. The van der Waals surface area contributed by atoms with E-state index in [4.69, 9.17) is 20.3 Å². The molecule has 12 heteroatoms. The molecule has 2 amide bonds. The van der Waals surface area contributed by atoms with Crippen molar-refractivity contribution in [2.45, 2.75) is 95.2 Å². The zero-order chi connectivity index (χ0) is 25.4. The number of amidine groups is 1. The van der Waals surface area contributed by atoms with Crippen LogP contribution in [0.2, 0.25) is 0 Å². The second-order valence-electron chi connectivity index (χ2n) is 9.84. The number of urea groups is 1. The van der Waals surface area contributed by atoms with Crippen LogP contribution in [-0.2, 0) is 13.8 Å². The van der Waals surface area contributed by atoms with Gasteiger partial charge in [0.15, 0.2) is 6.23 Å². The number of phosphoric acid groups is 1. The van der Waals surface area contributed by atoms with Gasteiger partial charge in [-0.05, 0) is 43.6 Å². The van der Waals surface area contributed by atoms with Gasteiger partial charge in [0.05, 0.1) is 6.61 Å². The Hall–Kier alpha value is -1.33. The number of phosphoric ester groups is 1. The number of ether oxygens (including phenoxy) is 1. The molecule has 6 atom stereocenters. The molecule has 0 bridgehead atoms. The molecule has 0 aromatic rings. The van der Waals surface area contributed by atoms with E-state index in [0.29, 0.717) is 6.42 Å². The number of rotatable bonds is 4. The Bertz CT molecular complexity index is 804. The van der Waals surface area contributed by atoms with Gasteiger partial charge in [-0.2, -0.15) is 4.99 Å². The smallest absolute Gasteiger partial charge is 0.387 e. The number of aliphatic hydroxyl groups is 2. The second kappa shape index (κ2) is 13.3. The summed E-state index contributed by atoms with van der Waals surface area (Å²) in [6, 6.07) is -0.710. The topological polar surface area (TPSA) is 175 Å². The Labute approximate surface area is 206 Å². The molecule has 6 unspecified atom stereocenters. The Balaban J connectivity index is 1.65. The first-order valence-corrected chi connectivity index (χ1v) is 14.2. The standard InChI is InChI=1S/C23H40N3O8P/c24-19-12-8-4-3-7-11-17-14-16(17)10-6-2-1-5-9-13-26(23(29)25-19)22-21(28)20(27)18(34-22)15-33-35(30,31)32/h8,12,16-18,20-22,27-28H,1-7,9-11,13-15H2,(H2,24,25,29)(H2,30,31,32). The number of carbonyl (C=O) groups excluding carboxylic acids is 1. The van der Waals surface area contributed by atoms with Crippen molar-refractivity contribution in [3.05, 3.63) is 12.2 Å². The van der Waals surface area contributed by atoms with Crippen molar-refractivity contribution < 1.29 is 38.6 Å². The summed E-state index contributed by atoms with van der Waals surface area (Å²) in [5.41, 5.74) is 5.93. The molecule has 1 saturated carbocycles. The number of allylic oxidation sites excluding steroid dienone is 1. The summed E-state index contributed by atoms with van der Waals surface area (Å²) in [6.07, 6.45) is 9.97. The summed E-state index contributed by atoms with van der Waals surface area (Å²) in [6.45, 7) is -0.415. The number of amides is 2. The Morgan fingerprint density at radius 2 is 1.71 bits per heavy atom. The molecule has 0 spiro atoms. The van der Waals surface area contributed by atoms with Gasteiger partial charge in [-0.3, -0.25) is 9.42 Å². The third kappa shape index (κ3) is 9.24. The predicted octanol–water partition coefficient (Wildman–Crippen LogP) is 2.43. The van der Waals surface area contributed by atoms with E-state index in [0.717, 1.165) is 43.9 Å². The largest absolute Gasteiger partial charge is 0.469 e. The molecule has 0 radical (unpaired) electrons. The first-order valence-electron chi connectivity index (χ1n) is 12.7. The van der Waals surface area contributed by atoms with Crippen molar-refractivity contribution in [2.75, 3.05) is 13.2 Å². The fourth-order valence-corrected chi connectivity index (χ4v) is 5.29. The van der Waals surface area contributed by atoms with Crippen LogP contribution in [0.5, 0.6) is 0 Å². The van der Waals surface area contributed by atoms with Gasteiger partial charge in [-0.15, -0.1) is 0 Å². The second-order valence-corrected chi connectivity index (χ2v) is 11.1. The molecule has 2 fully saturated rings.